The maximum Gasteiger partial charge on any atom is 0.251 e. The SMILES string of the molecule is CCc1ccc(C2=C(C(=O)Nc3ccc(OCCc4cccc(N)n4)nc3)CCCC2)cc1. The fourth-order valence-corrected chi connectivity index (χ4v) is 4.06. The molecule has 1 aliphatic carbocycles. The average Bonchev–Trinajstić information content (AvgIpc) is 2.85. The highest BCUT2D eigenvalue weighted by Crippen LogP contribution is 2.33. The highest BCUT2D eigenvalue weighted by atomic mass is 16.5. The molecule has 0 spiro atoms. The molecule has 3 N–H and O–H groups in total. The second-order valence-corrected chi connectivity index (χ2v) is 8.21. The largest absolute Gasteiger partial charge is 0.477 e. The van der Waals surface area contributed by atoms with Crippen LogP contribution in [0.2, 0.25) is 0 Å². The standard InChI is InChI=1S/C27H30N4O2/c1-2-19-10-12-20(13-11-19)23-7-3-4-8-24(23)27(32)31-22-14-15-26(29-18-22)33-17-16-21-6-5-9-25(28)30-21/h5-6,9-15,18H,2-4,7-8,16-17H2,1H3,(H2,28,30)(H,31,32). The van der Waals surface area contributed by atoms with Crippen molar-refractivity contribution in [2.45, 2.75) is 45.4 Å². The molecule has 0 fully saturated rings. The number of nitrogens with two attached hydrogens (primary N) is 1. The average molecular weight is 443 g/mol. The second-order valence-electron chi connectivity index (χ2n) is 8.21. The van der Waals surface area contributed by atoms with Gasteiger partial charge in [0.1, 0.15) is 5.82 Å². The van der Waals surface area contributed by atoms with Crippen molar-refractivity contribution < 1.29 is 9.53 Å². The van der Waals surface area contributed by atoms with Crippen molar-refractivity contribution >= 4 is 23.0 Å². The molecule has 6 nitrogen and oxygen atoms in total. The number of aryl methyl sites for hydroxylation is 1. The molecule has 2 heterocycles. The zero-order valence-corrected chi connectivity index (χ0v) is 19.0. The van der Waals surface area contributed by atoms with Crippen molar-refractivity contribution in [1.82, 2.24) is 9.97 Å². The highest BCUT2D eigenvalue weighted by molar-refractivity contribution is 6.09. The Kier molecular flexibility index (Phi) is 7.35. The van der Waals surface area contributed by atoms with Gasteiger partial charge >= 0.3 is 0 Å². The van der Waals surface area contributed by atoms with E-state index in [1.807, 2.05) is 18.2 Å². The molecule has 1 amide bonds. The molecular weight excluding hydrogens is 412 g/mol. The van der Waals surface area contributed by atoms with Crippen molar-refractivity contribution in [1.29, 1.82) is 0 Å². The van der Waals surface area contributed by atoms with Crippen LogP contribution in [0, 0.1) is 0 Å². The number of carbonyl (C=O) groups excluding carboxylic acids is 1. The highest BCUT2D eigenvalue weighted by Gasteiger charge is 2.20. The summed E-state index contributed by atoms with van der Waals surface area (Å²) in [6, 6.07) is 17.7. The Morgan fingerprint density at radius 2 is 1.88 bits per heavy atom. The summed E-state index contributed by atoms with van der Waals surface area (Å²) >= 11 is 0. The van der Waals surface area contributed by atoms with Crippen LogP contribution < -0.4 is 15.8 Å². The topological polar surface area (TPSA) is 90.1 Å². The third-order valence-corrected chi connectivity index (χ3v) is 5.88. The third kappa shape index (κ3) is 5.98. The predicted octanol–water partition coefficient (Wildman–Crippen LogP) is 5.21. The summed E-state index contributed by atoms with van der Waals surface area (Å²) in [6.45, 7) is 2.59. The number of benzene rings is 1. The van der Waals surface area contributed by atoms with Gasteiger partial charge in [-0.05, 0) is 67.0 Å². The second kappa shape index (κ2) is 10.8. The van der Waals surface area contributed by atoms with Gasteiger partial charge in [0, 0.05) is 23.8 Å². The van der Waals surface area contributed by atoms with Crippen LogP contribution in [-0.2, 0) is 17.6 Å². The molecule has 0 aliphatic heterocycles. The van der Waals surface area contributed by atoms with Gasteiger partial charge in [0.15, 0.2) is 0 Å². The summed E-state index contributed by atoms with van der Waals surface area (Å²) < 4.78 is 5.71. The van der Waals surface area contributed by atoms with Gasteiger partial charge in [-0.25, -0.2) is 9.97 Å². The lowest BCUT2D eigenvalue weighted by atomic mass is 9.86. The predicted molar refractivity (Wildman–Crippen MR) is 132 cm³/mol. The minimum atomic E-state index is -0.0486. The number of amides is 1. The molecule has 1 aliphatic rings. The quantitative estimate of drug-likeness (QED) is 0.500. The summed E-state index contributed by atoms with van der Waals surface area (Å²) in [7, 11) is 0. The number of carbonyl (C=O) groups is 1. The number of allylic oxidation sites excluding steroid dienone is 1. The molecular formula is C27H30N4O2. The Bertz CT molecular complexity index is 1120. The van der Waals surface area contributed by atoms with Gasteiger partial charge in [0.2, 0.25) is 5.88 Å². The van der Waals surface area contributed by atoms with E-state index in [1.54, 1.807) is 18.3 Å². The molecule has 0 atom stereocenters. The zero-order valence-electron chi connectivity index (χ0n) is 19.0. The van der Waals surface area contributed by atoms with E-state index in [1.165, 1.54) is 5.56 Å². The Morgan fingerprint density at radius 1 is 1.06 bits per heavy atom. The van der Waals surface area contributed by atoms with E-state index in [2.05, 4.69) is 46.5 Å². The van der Waals surface area contributed by atoms with Crippen molar-refractivity contribution in [3.05, 3.63) is 83.2 Å². The molecule has 0 bridgehead atoms. The maximum absolute atomic E-state index is 13.1. The van der Waals surface area contributed by atoms with E-state index in [0.29, 0.717) is 30.4 Å². The van der Waals surface area contributed by atoms with Gasteiger partial charge in [-0.1, -0.05) is 37.3 Å². The van der Waals surface area contributed by atoms with Crippen molar-refractivity contribution in [3.8, 4) is 5.88 Å². The molecule has 0 saturated carbocycles. The van der Waals surface area contributed by atoms with Gasteiger partial charge in [-0.15, -0.1) is 0 Å². The molecule has 0 saturated heterocycles. The maximum atomic E-state index is 13.1. The lowest BCUT2D eigenvalue weighted by molar-refractivity contribution is -0.113. The first-order chi connectivity index (χ1) is 16.1. The Labute approximate surface area is 194 Å². The number of hydrogen-bond acceptors (Lipinski definition) is 5. The third-order valence-electron chi connectivity index (χ3n) is 5.88. The Morgan fingerprint density at radius 3 is 2.61 bits per heavy atom. The van der Waals surface area contributed by atoms with Crippen LogP contribution in [0.3, 0.4) is 0 Å². The number of pyridine rings is 2. The van der Waals surface area contributed by atoms with E-state index in [0.717, 1.165) is 54.5 Å². The van der Waals surface area contributed by atoms with Crippen LogP contribution in [-0.4, -0.2) is 22.5 Å². The van der Waals surface area contributed by atoms with Crippen LogP contribution in [0.15, 0.2) is 66.4 Å². The summed E-state index contributed by atoms with van der Waals surface area (Å²) in [5.41, 5.74) is 11.7. The molecule has 0 radical (unpaired) electrons. The van der Waals surface area contributed by atoms with Gasteiger partial charge in [-0.2, -0.15) is 0 Å². The number of aromatic nitrogens is 2. The number of nitrogen functional groups attached to an aromatic ring is 1. The van der Waals surface area contributed by atoms with Crippen LogP contribution in [0.25, 0.3) is 5.57 Å². The summed E-state index contributed by atoms with van der Waals surface area (Å²) in [5, 5.41) is 3.01. The molecule has 2 aromatic heterocycles. The molecule has 33 heavy (non-hydrogen) atoms. The molecule has 0 unspecified atom stereocenters. The summed E-state index contributed by atoms with van der Waals surface area (Å²) in [4.78, 5) is 21.7. The van der Waals surface area contributed by atoms with Crippen LogP contribution in [0.5, 0.6) is 5.88 Å². The lowest BCUT2D eigenvalue weighted by Gasteiger charge is -2.20. The van der Waals surface area contributed by atoms with Gasteiger partial charge in [-0.3, -0.25) is 4.79 Å². The number of rotatable bonds is 8. The van der Waals surface area contributed by atoms with Crippen LogP contribution in [0.4, 0.5) is 11.5 Å². The van der Waals surface area contributed by atoms with E-state index in [-0.39, 0.29) is 5.91 Å². The summed E-state index contributed by atoms with van der Waals surface area (Å²) in [6.07, 6.45) is 7.15. The van der Waals surface area contributed by atoms with E-state index in [4.69, 9.17) is 10.5 Å². The fraction of sp³-hybridized carbons (Fsp3) is 0.296. The smallest absolute Gasteiger partial charge is 0.251 e. The van der Waals surface area contributed by atoms with Crippen LogP contribution >= 0.6 is 0 Å². The molecule has 6 heteroatoms. The number of anilines is 2. The summed E-state index contributed by atoms with van der Waals surface area (Å²) in [5.74, 6) is 0.956. The number of nitrogens with one attached hydrogen (secondary N) is 1. The first-order valence-electron chi connectivity index (χ1n) is 11.6. The van der Waals surface area contributed by atoms with Crippen LogP contribution in [0.1, 0.15) is 49.4 Å². The number of ether oxygens (including phenoxy) is 1. The van der Waals surface area contributed by atoms with E-state index in [9.17, 15) is 4.79 Å². The van der Waals surface area contributed by atoms with E-state index >= 15 is 0 Å². The lowest BCUT2D eigenvalue weighted by Crippen LogP contribution is -2.18. The first kappa shape index (κ1) is 22.5. The zero-order chi connectivity index (χ0) is 23.0. The Balaban J connectivity index is 1.38. The van der Waals surface area contributed by atoms with Crippen molar-refractivity contribution in [2.24, 2.45) is 0 Å². The van der Waals surface area contributed by atoms with E-state index < -0.39 is 0 Å². The molecule has 3 aromatic rings. The first-order valence-corrected chi connectivity index (χ1v) is 11.6. The number of nitrogens with zero attached hydrogens (tertiary/aromatic N) is 2. The monoisotopic (exact) mass is 442 g/mol. The fourth-order valence-electron chi connectivity index (χ4n) is 4.06. The molecule has 170 valence electrons. The molecule has 1 aromatic carbocycles. The van der Waals surface area contributed by atoms with Gasteiger partial charge in [0.25, 0.3) is 5.91 Å². The number of hydrogen-bond donors (Lipinski definition) is 2. The normalized spacial score (nSPS) is 13.6. The van der Waals surface area contributed by atoms with Crippen molar-refractivity contribution in [2.75, 3.05) is 17.7 Å². The van der Waals surface area contributed by atoms with Gasteiger partial charge < -0.3 is 15.8 Å². The van der Waals surface area contributed by atoms with Gasteiger partial charge in [0.05, 0.1) is 18.5 Å². The Hall–Kier alpha value is -3.67. The van der Waals surface area contributed by atoms with Crippen molar-refractivity contribution in [3.63, 3.8) is 0 Å². The molecule has 4 rings (SSSR count). The minimum Gasteiger partial charge on any atom is -0.477 e. The minimum absolute atomic E-state index is 0.0486.